The van der Waals surface area contributed by atoms with Gasteiger partial charge in [-0.05, 0) is 75.8 Å². The Morgan fingerprint density at radius 2 is 1.64 bits per heavy atom. The van der Waals surface area contributed by atoms with Crippen LogP contribution in [0.25, 0.3) is 0 Å². The number of ketones is 1. The fraction of sp³-hybridized carbons (Fsp3) is 0.462. The third kappa shape index (κ3) is 5.18. The highest BCUT2D eigenvalue weighted by Gasteiger charge is 2.51. The molecule has 0 spiro atoms. The van der Waals surface area contributed by atoms with Crippen molar-refractivity contribution in [2.24, 2.45) is 5.92 Å². The standard InChI is InChI=1S/C26H31BClNO4/c1-25(2)26(3,4)33-27(32-25)20-9-13-22(14-10-20)29-15-5-6-19(24(29)31)17-23(30)16-18-7-11-21(28)12-8-18/h7-14,19H,5-6,15-17H2,1-4H3/t19-/m0/s1. The molecule has 2 aliphatic heterocycles. The normalized spacial score (nSPS) is 22.0. The van der Waals surface area contributed by atoms with Crippen molar-refractivity contribution >= 4 is 41.6 Å². The average Bonchev–Trinajstić information content (AvgIpc) is 2.98. The molecule has 2 aliphatic rings. The van der Waals surface area contributed by atoms with Crippen LogP contribution in [0.5, 0.6) is 0 Å². The van der Waals surface area contributed by atoms with E-state index >= 15 is 0 Å². The molecule has 2 saturated heterocycles. The minimum Gasteiger partial charge on any atom is -0.399 e. The molecule has 0 saturated carbocycles. The number of carbonyl (C=O) groups excluding carboxylic acids is 2. The van der Waals surface area contributed by atoms with Gasteiger partial charge in [-0.15, -0.1) is 0 Å². The Morgan fingerprint density at radius 3 is 2.24 bits per heavy atom. The third-order valence-electron chi connectivity index (χ3n) is 7.07. The summed E-state index contributed by atoms with van der Waals surface area (Å²) in [7, 11) is -0.431. The smallest absolute Gasteiger partial charge is 0.399 e. The predicted octanol–water partition coefficient (Wildman–Crippen LogP) is 4.58. The van der Waals surface area contributed by atoms with E-state index in [0.717, 1.165) is 29.6 Å². The van der Waals surface area contributed by atoms with Crippen LogP contribution in [-0.4, -0.2) is 36.6 Å². The number of nitrogens with zero attached hydrogens (tertiary/aromatic N) is 1. The Kier molecular flexibility index (Phi) is 6.72. The van der Waals surface area contributed by atoms with Crippen LogP contribution in [-0.2, 0) is 25.3 Å². The van der Waals surface area contributed by atoms with Gasteiger partial charge in [-0.2, -0.15) is 0 Å². The summed E-state index contributed by atoms with van der Waals surface area (Å²) in [4.78, 5) is 27.6. The number of halogens is 1. The molecular formula is C26H31BClNO4. The van der Waals surface area contributed by atoms with Crippen molar-refractivity contribution in [3.63, 3.8) is 0 Å². The molecule has 33 heavy (non-hydrogen) atoms. The fourth-order valence-electron chi connectivity index (χ4n) is 4.36. The minimum atomic E-state index is -0.431. The highest BCUT2D eigenvalue weighted by Crippen LogP contribution is 2.36. The van der Waals surface area contributed by atoms with Crippen molar-refractivity contribution in [1.82, 2.24) is 0 Å². The molecule has 2 aromatic rings. The molecule has 1 amide bonds. The SMILES string of the molecule is CC1(C)OB(c2ccc(N3CCC[C@@H](CC(=O)Cc4ccc(Cl)cc4)C3=O)cc2)OC1(C)C. The van der Waals surface area contributed by atoms with Gasteiger partial charge in [0.2, 0.25) is 5.91 Å². The van der Waals surface area contributed by atoms with Gasteiger partial charge in [0.15, 0.2) is 0 Å². The summed E-state index contributed by atoms with van der Waals surface area (Å²) in [6, 6.07) is 15.1. The molecular weight excluding hydrogens is 437 g/mol. The summed E-state index contributed by atoms with van der Waals surface area (Å²) in [5.41, 5.74) is 1.89. The maximum Gasteiger partial charge on any atom is 0.494 e. The summed E-state index contributed by atoms with van der Waals surface area (Å²) in [5, 5.41) is 0.647. The molecule has 174 valence electrons. The Balaban J connectivity index is 1.39. The Hall–Kier alpha value is -2.15. The predicted molar refractivity (Wildman–Crippen MR) is 132 cm³/mol. The zero-order chi connectivity index (χ0) is 23.8. The molecule has 2 heterocycles. The van der Waals surface area contributed by atoms with E-state index in [1.807, 2.05) is 64.1 Å². The van der Waals surface area contributed by atoms with Gasteiger partial charge in [0.25, 0.3) is 0 Å². The topological polar surface area (TPSA) is 55.8 Å². The monoisotopic (exact) mass is 467 g/mol. The summed E-state index contributed by atoms with van der Waals surface area (Å²) < 4.78 is 12.3. The van der Waals surface area contributed by atoms with Crippen LogP contribution < -0.4 is 10.4 Å². The van der Waals surface area contributed by atoms with Crippen LogP contribution in [0.1, 0.15) is 52.5 Å². The molecule has 0 aromatic heterocycles. The van der Waals surface area contributed by atoms with Crippen molar-refractivity contribution in [1.29, 1.82) is 0 Å². The lowest BCUT2D eigenvalue weighted by molar-refractivity contribution is -0.128. The molecule has 0 radical (unpaired) electrons. The number of rotatable bonds is 6. The summed E-state index contributed by atoms with van der Waals surface area (Å²) in [6.07, 6.45) is 2.21. The van der Waals surface area contributed by atoms with Gasteiger partial charge >= 0.3 is 7.12 Å². The lowest BCUT2D eigenvalue weighted by atomic mass is 9.79. The number of piperidine rings is 1. The van der Waals surface area contributed by atoms with Gasteiger partial charge < -0.3 is 14.2 Å². The molecule has 4 rings (SSSR count). The van der Waals surface area contributed by atoms with Gasteiger partial charge in [-0.3, -0.25) is 9.59 Å². The highest BCUT2D eigenvalue weighted by atomic mass is 35.5. The van der Waals surface area contributed by atoms with Crippen molar-refractivity contribution in [3.8, 4) is 0 Å². The fourth-order valence-corrected chi connectivity index (χ4v) is 4.49. The number of Topliss-reactive ketones (excluding diaryl/α,β-unsaturated/α-hetero) is 1. The van der Waals surface area contributed by atoms with E-state index in [4.69, 9.17) is 20.9 Å². The van der Waals surface area contributed by atoms with E-state index in [9.17, 15) is 9.59 Å². The van der Waals surface area contributed by atoms with E-state index in [0.29, 0.717) is 18.0 Å². The lowest BCUT2D eigenvalue weighted by Crippen LogP contribution is -2.42. The van der Waals surface area contributed by atoms with E-state index in [-0.39, 0.29) is 24.0 Å². The molecule has 7 heteroatoms. The average molecular weight is 468 g/mol. The van der Waals surface area contributed by atoms with Crippen molar-refractivity contribution in [2.45, 2.75) is 64.6 Å². The molecule has 0 aliphatic carbocycles. The number of amides is 1. The van der Waals surface area contributed by atoms with Crippen LogP contribution in [0.4, 0.5) is 5.69 Å². The Morgan fingerprint density at radius 1 is 1.03 bits per heavy atom. The highest BCUT2D eigenvalue weighted by molar-refractivity contribution is 6.62. The van der Waals surface area contributed by atoms with Crippen molar-refractivity contribution < 1.29 is 18.9 Å². The van der Waals surface area contributed by atoms with Gasteiger partial charge in [0.1, 0.15) is 5.78 Å². The zero-order valence-corrected chi connectivity index (χ0v) is 20.5. The second-order valence-electron chi connectivity index (χ2n) is 10.1. The van der Waals surface area contributed by atoms with Crippen LogP contribution in [0, 0.1) is 5.92 Å². The maximum atomic E-state index is 13.2. The van der Waals surface area contributed by atoms with Crippen LogP contribution in [0.3, 0.4) is 0 Å². The molecule has 0 unspecified atom stereocenters. The Bertz CT molecular complexity index is 1000. The zero-order valence-electron chi connectivity index (χ0n) is 19.8. The number of anilines is 1. The third-order valence-corrected chi connectivity index (χ3v) is 7.32. The second kappa shape index (κ2) is 9.24. The van der Waals surface area contributed by atoms with Crippen LogP contribution >= 0.6 is 11.6 Å². The quantitative estimate of drug-likeness (QED) is 0.583. The first kappa shape index (κ1) is 24.0. The number of carbonyl (C=O) groups is 2. The first-order chi connectivity index (χ1) is 15.6. The minimum absolute atomic E-state index is 0.0223. The van der Waals surface area contributed by atoms with Crippen LogP contribution in [0.15, 0.2) is 48.5 Å². The Labute approximate surface area is 201 Å². The first-order valence-electron chi connectivity index (χ1n) is 11.6. The van der Waals surface area contributed by atoms with Gasteiger partial charge in [-0.1, -0.05) is 35.9 Å². The molecule has 0 N–H and O–H groups in total. The largest absolute Gasteiger partial charge is 0.494 e. The van der Waals surface area contributed by atoms with E-state index in [1.54, 1.807) is 17.0 Å². The molecule has 5 nitrogen and oxygen atoms in total. The summed E-state index contributed by atoms with van der Waals surface area (Å²) >= 11 is 5.92. The molecule has 2 fully saturated rings. The maximum absolute atomic E-state index is 13.2. The first-order valence-corrected chi connectivity index (χ1v) is 12.0. The summed E-state index contributed by atoms with van der Waals surface area (Å²) in [6.45, 7) is 8.78. The van der Waals surface area contributed by atoms with Crippen LogP contribution in [0.2, 0.25) is 5.02 Å². The molecule has 1 atom stereocenters. The molecule has 0 bridgehead atoms. The lowest BCUT2D eigenvalue weighted by Gasteiger charge is -2.32. The van der Waals surface area contributed by atoms with E-state index < -0.39 is 18.3 Å². The number of hydrogen-bond donors (Lipinski definition) is 0. The number of benzene rings is 2. The van der Waals surface area contributed by atoms with Crippen molar-refractivity contribution in [3.05, 3.63) is 59.1 Å². The van der Waals surface area contributed by atoms with Gasteiger partial charge in [0, 0.05) is 36.0 Å². The summed E-state index contributed by atoms with van der Waals surface area (Å²) in [5.74, 6) is -0.177. The second-order valence-corrected chi connectivity index (χ2v) is 10.5. The van der Waals surface area contributed by atoms with E-state index in [2.05, 4.69) is 0 Å². The van der Waals surface area contributed by atoms with E-state index in [1.165, 1.54) is 0 Å². The van der Waals surface area contributed by atoms with Crippen molar-refractivity contribution in [2.75, 3.05) is 11.4 Å². The molecule has 2 aromatic carbocycles. The van der Waals surface area contributed by atoms with Gasteiger partial charge in [0.05, 0.1) is 11.2 Å². The van der Waals surface area contributed by atoms with Gasteiger partial charge in [-0.25, -0.2) is 0 Å². The number of hydrogen-bond acceptors (Lipinski definition) is 4.